The summed E-state index contributed by atoms with van der Waals surface area (Å²) in [6, 6.07) is 11.1. The van der Waals surface area contributed by atoms with E-state index in [2.05, 4.69) is 4.72 Å². The Bertz CT molecular complexity index is 821. The Morgan fingerprint density at radius 3 is 2.32 bits per heavy atom. The maximum absolute atomic E-state index is 13.4. The molecule has 5 nitrogen and oxygen atoms in total. The molecular weight excluding hydrogens is 343 g/mol. The molecule has 2 rings (SSSR count). The largest absolute Gasteiger partial charge is 0.497 e. The maximum atomic E-state index is 13.4. The minimum Gasteiger partial charge on any atom is -0.497 e. The third kappa shape index (κ3) is 4.78. The van der Waals surface area contributed by atoms with Gasteiger partial charge in [-0.1, -0.05) is 12.1 Å². The molecule has 0 aliphatic carbocycles. The van der Waals surface area contributed by atoms with Crippen LogP contribution in [-0.2, 0) is 10.0 Å². The highest BCUT2D eigenvalue weighted by Gasteiger charge is 2.20. The summed E-state index contributed by atoms with van der Waals surface area (Å²) >= 11 is 0. The predicted molar refractivity (Wildman–Crippen MR) is 95.7 cm³/mol. The van der Waals surface area contributed by atoms with Crippen molar-refractivity contribution in [2.45, 2.75) is 17.9 Å². The van der Waals surface area contributed by atoms with Crippen molar-refractivity contribution in [2.75, 3.05) is 27.7 Å². The average Bonchev–Trinajstić information content (AvgIpc) is 2.57. The molecule has 0 saturated carbocycles. The Morgan fingerprint density at radius 2 is 1.80 bits per heavy atom. The molecule has 0 bridgehead atoms. The molecule has 0 saturated heterocycles. The van der Waals surface area contributed by atoms with E-state index in [4.69, 9.17) is 4.74 Å². The minimum absolute atomic E-state index is 0.0543. The highest BCUT2D eigenvalue weighted by molar-refractivity contribution is 7.89. The number of halogens is 1. The number of nitrogens with one attached hydrogen (secondary N) is 1. The zero-order valence-electron chi connectivity index (χ0n) is 14.8. The molecule has 0 spiro atoms. The number of benzene rings is 2. The molecule has 25 heavy (non-hydrogen) atoms. The molecule has 0 aliphatic heterocycles. The summed E-state index contributed by atoms with van der Waals surface area (Å²) in [4.78, 5) is 1.99. The fourth-order valence-electron chi connectivity index (χ4n) is 2.48. The second-order valence-electron chi connectivity index (χ2n) is 6.02. The first-order chi connectivity index (χ1) is 11.7. The van der Waals surface area contributed by atoms with E-state index >= 15 is 0 Å². The molecule has 0 aliphatic rings. The molecular formula is C18H23FN2O3S. The van der Waals surface area contributed by atoms with Gasteiger partial charge in [-0.3, -0.25) is 0 Å². The van der Waals surface area contributed by atoms with Crippen LogP contribution in [0.15, 0.2) is 47.4 Å². The Kier molecular flexibility index (Phi) is 6.16. The molecule has 2 aromatic carbocycles. The van der Waals surface area contributed by atoms with Crippen LogP contribution in [-0.4, -0.2) is 41.1 Å². The van der Waals surface area contributed by atoms with Crippen molar-refractivity contribution >= 4 is 10.0 Å². The molecule has 0 aromatic heterocycles. The SMILES string of the molecule is COc1ccc(C(CNS(=O)(=O)c2ccc(F)c(C)c2)N(C)C)cc1. The molecule has 1 unspecified atom stereocenters. The smallest absolute Gasteiger partial charge is 0.240 e. The molecule has 0 heterocycles. The van der Waals surface area contributed by atoms with E-state index in [1.807, 2.05) is 43.3 Å². The summed E-state index contributed by atoms with van der Waals surface area (Å²) in [6.07, 6.45) is 0. The summed E-state index contributed by atoms with van der Waals surface area (Å²) < 4.78 is 46.1. The van der Waals surface area contributed by atoms with Crippen molar-refractivity contribution in [3.8, 4) is 5.75 Å². The van der Waals surface area contributed by atoms with Crippen LogP contribution in [0.2, 0.25) is 0 Å². The topological polar surface area (TPSA) is 58.6 Å². The number of rotatable bonds is 7. The standard InChI is InChI=1S/C18H23FN2O3S/c1-13-11-16(9-10-17(13)19)25(22,23)20-12-18(21(2)3)14-5-7-15(24-4)8-6-14/h5-11,18,20H,12H2,1-4H3. The van der Waals surface area contributed by atoms with Gasteiger partial charge >= 0.3 is 0 Å². The van der Waals surface area contributed by atoms with Crippen LogP contribution >= 0.6 is 0 Å². The van der Waals surface area contributed by atoms with Crippen molar-refractivity contribution in [1.29, 1.82) is 0 Å². The van der Waals surface area contributed by atoms with E-state index < -0.39 is 15.8 Å². The molecule has 7 heteroatoms. The van der Waals surface area contributed by atoms with Crippen molar-refractivity contribution in [3.63, 3.8) is 0 Å². The maximum Gasteiger partial charge on any atom is 0.240 e. The van der Waals surface area contributed by atoms with Crippen molar-refractivity contribution in [1.82, 2.24) is 9.62 Å². The van der Waals surface area contributed by atoms with Gasteiger partial charge < -0.3 is 9.64 Å². The lowest BCUT2D eigenvalue weighted by atomic mass is 10.1. The third-order valence-electron chi connectivity index (χ3n) is 4.03. The van der Waals surface area contributed by atoms with E-state index in [1.165, 1.54) is 19.1 Å². The second-order valence-corrected chi connectivity index (χ2v) is 7.78. The number of sulfonamides is 1. The summed E-state index contributed by atoms with van der Waals surface area (Å²) in [5.74, 6) is 0.312. The van der Waals surface area contributed by atoms with Crippen LogP contribution in [0.4, 0.5) is 4.39 Å². The van der Waals surface area contributed by atoms with Gasteiger partial charge in [0.05, 0.1) is 12.0 Å². The van der Waals surface area contributed by atoms with E-state index in [0.29, 0.717) is 5.56 Å². The van der Waals surface area contributed by atoms with Gasteiger partial charge in [-0.2, -0.15) is 0 Å². The lowest BCUT2D eigenvalue weighted by molar-refractivity contribution is 0.299. The Balaban J connectivity index is 2.18. The van der Waals surface area contributed by atoms with E-state index in [0.717, 1.165) is 17.4 Å². The van der Waals surface area contributed by atoms with Crippen LogP contribution in [0.5, 0.6) is 5.75 Å². The number of methoxy groups -OCH3 is 1. The number of hydrogen-bond acceptors (Lipinski definition) is 4. The fourth-order valence-corrected chi connectivity index (χ4v) is 3.60. The van der Waals surface area contributed by atoms with Gasteiger partial charge in [0.25, 0.3) is 0 Å². The number of ether oxygens (including phenoxy) is 1. The van der Waals surface area contributed by atoms with E-state index in [-0.39, 0.29) is 17.5 Å². The van der Waals surface area contributed by atoms with Gasteiger partial charge in [-0.05, 0) is 62.5 Å². The average molecular weight is 366 g/mol. The molecule has 1 atom stereocenters. The lowest BCUT2D eigenvalue weighted by Gasteiger charge is -2.25. The molecule has 0 radical (unpaired) electrons. The molecule has 0 fully saturated rings. The first-order valence-corrected chi connectivity index (χ1v) is 9.29. The van der Waals surface area contributed by atoms with E-state index in [1.54, 1.807) is 7.11 Å². The lowest BCUT2D eigenvalue weighted by Crippen LogP contribution is -2.34. The van der Waals surface area contributed by atoms with Gasteiger partial charge in [-0.15, -0.1) is 0 Å². The zero-order chi connectivity index (χ0) is 18.6. The first-order valence-electron chi connectivity index (χ1n) is 7.81. The van der Waals surface area contributed by atoms with Gasteiger partial charge in [0.15, 0.2) is 0 Å². The number of hydrogen-bond donors (Lipinski definition) is 1. The van der Waals surface area contributed by atoms with E-state index in [9.17, 15) is 12.8 Å². The highest BCUT2D eigenvalue weighted by Crippen LogP contribution is 2.22. The van der Waals surface area contributed by atoms with Crippen molar-refractivity contribution in [3.05, 3.63) is 59.4 Å². The van der Waals surface area contributed by atoms with Crippen LogP contribution in [0.3, 0.4) is 0 Å². The fraction of sp³-hybridized carbons (Fsp3) is 0.333. The van der Waals surface area contributed by atoms with Crippen molar-refractivity contribution < 1.29 is 17.5 Å². The van der Waals surface area contributed by atoms with Gasteiger partial charge in [-0.25, -0.2) is 17.5 Å². The number of nitrogens with zero attached hydrogens (tertiary/aromatic N) is 1. The van der Waals surface area contributed by atoms with Crippen LogP contribution in [0.25, 0.3) is 0 Å². The normalized spacial score (nSPS) is 13.0. The Morgan fingerprint density at radius 1 is 1.16 bits per heavy atom. The van der Waals surface area contributed by atoms with Crippen LogP contribution in [0, 0.1) is 12.7 Å². The monoisotopic (exact) mass is 366 g/mol. The summed E-state index contributed by atoms with van der Waals surface area (Å²) in [7, 11) is 1.64. The third-order valence-corrected chi connectivity index (χ3v) is 5.45. The Labute approximate surface area is 148 Å². The summed E-state index contributed by atoms with van der Waals surface area (Å²) in [5, 5.41) is 0. The van der Waals surface area contributed by atoms with Gasteiger partial charge in [0, 0.05) is 12.6 Å². The number of aryl methyl sites for hydroxylation is 1. The predicted octanol–water partition coefficient (Wildman–Crippen LogP) is 2.72. The number of likely N-dealkylation sites (N-methyl/N-ethyl adjacent to an activating group) is 1. The molecule has 0 amide bonds. The first kappa shape index (κ1) is 19.4. The summed E-state index contributed by atoms with van der Waals surface area (Å²) in [6.45, 7) is 1.73. The van der Waals surface area contributed by atoms with Crippen molar-refractivity contribution in [2.24, 2.45) is 0 Å². The molecule has 136 valence electrons. The minimum atomic E-state index is -3.72. The quantitative estimate of drug-likeness (QED) is 0.819. The van der Waals surface area contributed by atoms with Crippen LogP contribution < -0.4 is 9.46 Å². The summed E-state index contributed by atoms with van der Waals surface area (Å²) in [5.41, 5.74) is 1.26. The van der Waals surface area contributed by atoms with Gasteiger partial charge in [0.1, 0.15) is 11.6 Å². The van der Waals surface area contributed by atoms with Gasteiger partial charge in [0.2, 0.25) is 10.0 Å². The van der Waals surface area contributed by atoms with Crippen LogP contribution in [0.1, 0.15) is 17.2 Å². The molecule has 1 N–H and O–H groups in total. The second kappa shape index (κ2) is 7.95. The highest BCUT2D eigenvalue weighted by atomic mass is 32.2. The Hall–Kier alpha value is -1.96. The molecule has 2 aromatic rings. The zero-order valence-corrected chi connectivity index (χ0v) is 15.6.